The van der Waals surface area contributed by atoms with Crippen molar-refractivity contribution in [3.05, 3.63) is 59.7 Å². The molecule has 0 saturated carbocycles. The van der Waals surface area contributed by atoms with Crippen LogP contribution in [-0.2, 0) is 10.1 Å². The fraction of sp³-hybridized carbons (Fsp3) is 0.350. The average Bonchev–Trinajstić information content (AvgIpc) is 2.60. The van der Waals surface area contributed by atoms with E-state index in [0.717, 1.165) is 0 Å². The average molecular weight is 426 g/mol. The molecule has 2 aromatic rings. The first-order valence-corrected chi connectivity index (χ1v) is 10.6. The zero-order valence-corrected chi connectivity index (χ0v) is 17.6. The molecule has 9 heteroatoms. The number of aliphatic hydroxyl groups is 1. The van der Waals surface area contributed by atoms with E-state index in [1.165, 1.54) is 12.1 Å². The van der Waals surface area contributed by atoms with Crippen LogP contribution < -0.4 is 10.1 Å². The van der Waals surface area contributed by atoms with Gasteiger partial charge in [0.05, 0.1) is 17.9 Å². The lowest BCUT2D eigenvalue weighted by molar-refractivity contribution is 0.0729. The highest BCUT2D eigenvalue weighted by atomic mass is 32.2. The lowest BCUT2D eigenvalue weighted by Crippen LogP contribution is -2.38. The van der Waals surface area contributed by atoms with Gasteiger partial charge in [-0.15, -0.1) is 0 Å². The summed E-state index contributed by atoms with van der Waals surface area (Å²) in [6.45, 7) is 6.36. The molecule has 1 unspecified atom stereocenters. The first kappa shape index (κ1) is 24.6. The summed E-state index contributed by atoms with van der Waals surface area (Å²) in [4.78, 5) is 12.0. The number of aromatic hydroxyl groups is 1. The molecule has 2 rings (SSSR count). The predicted molar refractivity (Wildman–Crippen MR) is 110 cm³/mol. The molecule has 0 radical (unpaired) electrons. The zero-order chi connectivity index (χ0) is 22.2. The molecule has 0 amide bonds. The van der Waals surface area contributed by atoms with Crippen LogP contribution in [0.2, 0.25) is 0 Å². The number of rotatable bonds is 5. The Bertz CT molecular complexity index is 898. The van der Waals surface area contributed by atoms with E-state index in [9.17, 15) is 23.4 Å². The molecule has 0 aliphatic rings. The van der Waals surface area contributed by atoms with Gasteiger partial charge in [-0.05, 0) is 50.6 Å². The minimum absolute atomic E-state index is 0.0589. The normalized spacial score (nSPS) is 12.5. The summed E-state index contributed by atoms with van der Waals surface area (Å²) in [5, 5.41) is 23.4. The van der Waals surface area contributed by atoms with Crippen molar-refractivity contribution in [2.75, 3.05) is 12.8 Å². The van der Waals surface area contributed by atoms with Crippen LogP contribution in [0, 0.1) is 0 Å². The van der Waals surface area contributed by atoms with Crippen LogP contribution in [0.3, 0.4) is 0 Å². The molecule has 0 aromatic heterocycles. The Morgan fingerprint density at radius 3 is 2.17 bits per heavy atom. The van der Waals surface area contributed by atoms with Crippen molar-refractivity contribution in [1.29, 1.82) is 0 Å². The maximum atomic E-state index is 12.0. The van der Waals surface area contributed by atoms with Crippen LogP contribution in [0.5, 0.6) is 11.5 Å². The number of β-amino-alcohol motifs (C(OH)–C–C–N with tert-alkyl or cyclic N) is 1. The maximum absolute atomic E-state index is 12.0. The molecule has 160 valence electrons. The van der Waals surface area contributed by atoms with Gasteiger partial charge >= 0.3 is 5.97 Å². The number of hydrogen-bond donors (Lipinski definition) is 4. The molecule has 0 spiro atoms. The Balaban J connectivity index is 0.000000749. The molecule has 0 aliphatic heterocycles. The van der Waals surface area contributed by atoms with Crippen LogP contribution in [0.25, 0.3) is 0 Å². The second kappa shape index (κ2) is 10.4. The number of nitrogens with one attached hydrogen (secondary N) is 1. The molecule has 1 atom stereocenters. The van der Waals surface area contributed by atoms with Crippen molar-refractivity contribution < 1.29 is 32.7 Å². The monoisotopic (exact) mass is 425 g/mol. The number of phenols is 1. The van der Waals surface area contributed by atoms with Gasteiger partial charge in [0, 0.05) is 12.1 Å². The van der Waals surface area contributed by atoms with Crippen molar-refractivity contribution in [3.8, 4) is 11.5 Å². The first-order chi connectivity index (χ1) is 13.3. The van der Waals surface area contributed by atoms with E-state index in [1.807, 2.05) is 20.8 Å². The fourth-order valence-corrected chi connectivity index (χ4v) is 2.08. The molecule has 0 aliphatic carbocycles. The summed E-state index contributed by atoms with van der Waals surface area (Å²) in [5.74, 6) is -0.677. The van der Waals surface area contributed by atoms with Gasteiger partial charge in [0.15, 0.2) is 11.5 Å². The van der Waals surface area contributed by atoms with E-state index in [-0.39, 0.29) is 17.0 Å². The number of hydrogen-bond acceptors (Lipinski definition) is 7. The van der Waals surface area contributed by atoms with Gasteiger partial charge in [0.2, 0.25) is 0 Å². The molecule has 2 aromatic carbocycles. The van der Waals surface area contributed by atoms with E-state index in [0.29, 0.717) is 23.9 Å². The van der Waals surface area contributed by atoms with Crippen LogP contribution in [0.1, 0.15) is 42.8 Å². The summed E-state index contributed by atoms with van der Waals surface area (Å²) in [6, 6.07) is 13.1. The van der Waals surface area contributed by atoms with Crippen molar-refractivity contribution in [2.24, 2.45) is 0 Å². The molecular weight excluding hydrogens is 398 g/mol. The second-order valence-electron chi connectivity index (χ2n) is 7.36. The van der Waals surface area contributed by atoms with E-state index in [4.69, 9.17) is 9.29 Å². The van der Waals surface area contributed by atoms with Crippen LogP contribution in [0.15, 0.2) is 48.5 Å². The van der Waals surface area contributed by atoms with Crippen LogP contribution in [-0.4, -0.2) is 47.5 Å². The van der Waals surface area contributed by atoms with Gasteiger partial charge in [-0.25, -0.2) is 4.79 Å². The third-order valence-electron chi connectivity index (χ3n) is 3.41. The molecular formula is C20H27NO7S. The Morgan fingerprint density at radius 2 is 1.69 bits per heavy atom. The number of phenolic OH excluding ortho intramolecular Hbond substituents is 1. The summed E-state index contributed by atoms with van der Waals surface area (Å²) in [6.07, 6.45) is -0.0542. The predicted octanol–water partition coefficient (Wildman–Crippen LogP) is 2.54. The number of benzene rings is 2. The zero-order valence-electron chi connectivity index (χ0n) is 16.8. The number of esters is 1. The Labute approximate surface area is 170 Å². The minimum Gasteiger partial charge on any atom is -0.504 e. The van der Waals surface area contributed by atoms with Gasteiger partial charge in [-0.1, -0.05) is 24.3 Å². The van der Waals surface area contributed by atoms with Gasteiger partial charge in [-0.2, -0.15) is 8.42 Å². The number of carbonyl (C=O) groups excluding carboxylic acids is 1. The fourth-order valence-electron chi connectivity index (χ4n) is 2.08. The van der Waals surface area contributed by atoms with Gasteiger partial charge in [0.1, 0.15) is 0 Å². The van der Waals surface area contributed by atoms with Crippen molar-refractivity contribution in [1.82, 2.24) is 5.32 Å². The third kappa shape index (κ3) is 10.6. The highest BCUT2D eigenvalue weighted by molar-refractivity contribution is 7.85. The molecule has 8 nitrogen and oxygen atoms in total. The highest BCUT2D eigenvalue weighted by Gasteiger charge is 2.16. The number of carbonyl (C=O) groups is 1. The van der Waals surface area contributed by atoms with Gasteiger partial charge < -0.3 is 20.3 Å². The highest BCUT2D eigenvalue weighted by Crippen LogP contribution is 2.30. The maximum Gasteiger partial charge on any atom is 0.343 e. The molecule has 0 heterocycles. The molecule has 0 bridgehead atoms. The largest absolute Gasteiger partial charge is 0.504 e. The molecule has 4 N–H and O–H groups in total. The van der Waals surface area contributed by atoms with Gasteiger partial charge in [0.25, 0.3) is 10.1 Å². The smallest absolute Gasteiger partial charge is 0.343 e. The summed E-state index contributed by atoms with van der Waals surface area (Å²) in [7, 11) is -3.67. The van der Waals surface area contributed by atoms with E-state index >= 15 is 0 Å². The van der Waals surface area contributed by atoms with Crippen molar-refractivity contribution >= 4 is 16.1 Å². The van der Waals surface area contributed by atoms with E-state index in [2.05, 4.69) is 5.32 Å². The molecule has 29 heavy (non-hydrogen) atoms. The number of aliphatic hydroxyl groups excluding tert-OH is 1. The minimum atomic E-state index is -3.67. The third-order valence-corrected chi connectivity index (χ3v) is 3.41. The van der Waals surface area contributed by atoms with Gasteiger partial charge in [-0.3, -0.25) is 4.55 Å². The first-order valence-electron chi connectivity index (χ1n) is 8.72. The SMILES string of the molecule is CC(C)(C)NCC(O)c1ccc(OC(=O)c2ccccc2)c(O)c1.CS(=O)(=O)O. The van der Waals surface area contributed by atoms with E-state index in [1.54, 1.807) is 36.4 Å². The molecule has 0 saturated heterocycles. The summed E-state index contributed by atoms with van der Waals surface area (Å²) >= 11 is 0. The van der Waals surface area contributed by atoms with Crippen LogP contribution >= 0.6 is 0 Å². The summed E-state index contributed by atoms with van der Waals surface area (Å²) < 4.78 is 31.1. The Morgan fingerprint density at radius 1 is 1.14 bits per heavy atom. The Kier molecular flexibility index (Phi) is 8.78. The lowest BCUT2D eigenvalue weighted by atomic mass is 10.1. The topological polar surface area (TPSA) is 133 Å². The van der Waals surface area contributed by atoms with E-state index < -0.39 is 22.2 Å². The molecule has 0 fully saturated rings. The standard InChI is InChI=1S/C19H23NO4.CH4O3S/c1-19(2,3)20-12-16(22)14-9-10-17(15(21)11-14)24-18(23)13-7-5-4-6-8-13;1-5(2,3)4/h4-11,16,20-22H,12H2,1-3H3;1H3,(H,2,3,4). The number of ether oxygens (including phenoxy) is 1. The second-order valence-corrected chi connectivity index (χ2v) is 8.83. The summed E-state index contributed by atoms with van der Waals surface area (Å²) in [5.41, 5.74) is 0.827. The lowest BCUT2D eigenvalue weighted by Gasteiger charge is -2.23. The van der Waals surface area contributed by atoms with Crippen LogP contribution in [0.4, 0.5) is 0 Å². The quantitative estimate of drug-likeness (QED) is 0.326. The Hall–Kier alpha value is -2.46. The van der Waals surface area contributed by atoms with Crippen molar-refractivity contribution in [3.63, 3.8) is 0 Å². The van der Waals surface area contributed by atoms with Crippen molar-refractivity contribution in [2.45, 2.75) is 32.4 Å².